The van der Waals surface area contributed by atoms with E-state index in [2.05, 4.69) is 17.2 Å². The number of ether oxygens (including phenoxy) is 1. The summed E-state index contributed by atoms with van der Waals surface area (Å²) in [5, 5.41) is 13.4. The van der Waals surface area contributed by atoms with Gasteiger partial charge in [-0.25, -0.2) is 0 Å². The summed E-state index contributed by atoms with van der Waals surface area (Å²) < 4.78 is 5.51. The van der Waals surface area contributed by atoms with Crippen molar-refractivity contribution in [2.24, 2.45) is 5.92 Å². The zero-order valence-corrected chi connectivity index (χ0v) is 12.2. The van der Waals surface area contributed by atoms with Gasteiger partial charge in [0, 0.05) is 25.3 Å². The molecule has 0 aromatic carbocycles. The highest BCUT2D eigenvalue weighted by Gasteiger charge is 2.20. The lowest BCUT2D eigenvalue weighted by atomic mass is 10.2. The minimum Gasteiger partial charge on any atom is -0.384 e. The average Bonchev–Trinajstić information content (AvgIpc) is 3.16. The Morgan fingerprint density at radius 2 is 2.40 bits per heavy atom. The third-order valence-corrected chi connectivity index (χ3v) is 3.89. The van der Waals surface area contributed by atoms with Gasteiger partial charge < -0.3 is 15.2 Å². The molecule has 2 N–H and O–H groups in total. The summed E-state index contributed by atoms with van der Waals surface area (Å²) in [5.41, 5.74) is 0.673. The third kappa shape index (κ3) is 4.97. The van der Waals surface area contributed by atoms with Gasteiger partial charge in [-0.15, -0.1) is 11.3 Å². The molecule has 0 saturated heterocycles. The molecule has 0 aliphatic heterocycles. The van der Waals surface area contributed by atoms with E-state index in [1.165, 1.54) is 24.2 Å². The van der Waals surface area contributed by atoms with Crippen molar-refractivity contribution in [2.75, 3.05) is 26.4 Å². The molecular weight excluding hydrogens is 274 g/mol. The van der Waals surface area contributed by atoms with Crippen molar-refractivity contribution in [3.8, 4) is 11.8 Å². The van der Waals surface area contributed by atoms with Crippen molar-refractivity contribution in [2.45, 2.75) is 19.3 Å². The SMILES string of the molecule is O=C(NCCCOCC1CC1)c1sccc1C#CCO. The number of aliphatic hydroxyl groups is 1. The lowest BCUT2D eigenvalue weighted by molar-refractivity contribution is 0.0941. The van der Waals surface area contributed by atoms with Crippen molar-refractivity contribution in [3.63, 3.8) is 0 Å². The fraction of sp³-hybridized carbons (Fsp3) is 0.533. The fourth-order valence-corrected chi connectivity index (χ4v) is 2.47. The molecule has 0 spiro atoms. The number of aliphatic hydroxyl groups excluding tert-OH is 1. The summed E-state index contributed by atoms with van der Waals surface area (Å²) in [6, 6.07) is 1.79. The number of rotatable bonds is 7. The molecule has 0 atom stereocenters. The Hall–Kier alpha value is -1.35. The van der Waals surface area contributed by atoms with E-state index in [4.69, 9.17) is 9.84 Å². The van der Waals surface area contributed by atoms with Crippen LogP contribution in [0.3, 0.4) is 0 Å². The van der Waals surface area contributed by atoms with Gasteiger partial charge in [-0.1, -0.05) is 11.8 Å². The van der Waals surface area contributed by atoms with Crippen molar-refractivity contribution < 1.29 is 14.6 Å². The van der Waals surface area contributed by atoms with E-state index < -0.39 is 0 Å². The van der Waals surface area contributed by atoms with Crippen molar-refractivity contribution in [3.05, 3.63) is 21.9 Å². The zero-order chi connectivity index (χ0) is 14.2. The molecule has 1 aliphatic carbocycles. The standard InChI is InChI=1S/C15H19NO3S/c17-8-1-3-13-6-10-20-14(13)15(18)16-7-2-9-19-11-12-4-5-12/h6,10,12,17H,2,4-5,7-9,11H2,(H,16,18). The summed E-state index contributed by atoms with van der Waals surface area (Å²) >= 11 is 1.36. The van der Waals surface area contributed by atoms with Crippen LogP contribution in [-0.4, -0.2) is 37.4 Å². The van der Waals surface area contributed by atoms with Crippen LogP contribution in [0.25, 0.3) is 0 Å². The number of nitrogens with one attached hydrogen (secondary N) is 1. The first-order valence-corrected chi connectivity index (χ1v) is 7.72. The number of hydrogen-bond acceptors (Lipinski definition) is 4. The molecule has 1 heterocycles. The van der Waals surface area contributed by atoms with Crippen LogP contribution in [0.5, 0.6) is 0 Å². The summed E-state index contributed by atoms with van der Waals surface area (Å²) in [5.74, 6) is 6.01. The maximum Gasteiger partial charge on any atom is 0.262 e. The molecule has 1 fully saturated rings. The molecule has 1 amide bonds. The Morgan fingerprint density at radius 3 is 3.15 bits per heavy atom. The molecular formula is C15H19NO3S. The van der Waals surface area contributed by atoms with Gasteiger partial charge in [0.25, 0.3) is 5.91 Å². The molecule has 4 nitrogen and oxygen atoms in total. The van der Waals surface area contributed by atoms with Crippen LogP contribution in [0, 0.1) is 17.8 Å². The van der Waals surface area contributed by atoms with Crippen molar-refractivity contribution in [1.29, 1.82) is 0 Å². The van der Waals surface area contributed by atoms with Crippen molar-refractivity contribution >= 4 is 17.2 Å². The highest BCUT2D eigenvalue weighted by molar-refractivity contribution is 7.12. The fourth-order valence-electron chi connectivity index (χ4n) is 1.71. The molecule has 20 heavy (non-hydrogen) atoms. The van der Waals surface area contributed by atoms with Gasteiger partial charge in [0.1, 0.15) is 11.5 Å². The first kappa shape index (κ1) is 15.0. The summed E-state index contributed by atoms with van der Waals surface area (Å²) in [7, 11) is 0. The van der Waals surface area contributed by atoms with E-state index in [1.807, 2.05) is 5.38 Å². The number of carbonyl (C=O) groups excluding carboxylic acids is 1. The first-order valence-electron chi connectivity index (χ1n) is 6.84. The van der Waals surface area contributed by atoms with Gasteiger partial charge in [-0.2, -0.15) is 0 Å². The number of thiophene rings is 1. The van der Waals surface area contributed by atoms with E-state index in [-0.39, 0.29) is 12.5 Å². The van der Waals surface area contributed by atoms with E-state index in [0.717, 1.165) is 18.9 Å². The molecule has 1 saturated carbocycles. The molecule has 1 aromatic rings. The zero-order valence-electron chi connectivity index (χ0n) is 11.4. The van der Waals surface area contributed by atoms with Crippen LogP contribution < -0.4 is 5.32 Å². The van der Waals surface area contributed by atoms with Gasteiger partial charge in [0.2, 0.25) is 0 Å². The topological polar surface area (TPSA) is 58.6 Å². The van der Waals surface area contributed by atoms with E-state index in [1.54, 1.807) is 6.07 Å². The second kappa shape index (κ2) is 8.05. The third-order valence-electron chi connectivity index (χ3n) is 2.98. The predicted octanol–water partition coefficient (Wildman–Crippen LogP) is 1.64. The Balaban J connectivity index is 1.67. The van der Waals surface area contributed by atoms with Crippen LogP contribution in [0.15, 0.2) is 11.4 Å². The number of carbonyl (C=O) groups is 1. The smallest absolute Gasteiger partial charge is 0.262 e. The van der Waals surface area contributed by atoms with Gasteiger partial charge in [-0.3, -0.25) is 4.79 Å². The normalized spacial score (nSPS) is 13.7. The monoisotopic (exact) mass is 293 g/mol. The number of hydrogen-bond donors (Lipinski definition) is 2. The first-order chi connectivity index (χ1) is 9.81. The van der Waals surface area contributed by atoms with Gasteiger partial charge in [0.05, 0.1) is 0 Å². The average molecular weight is 293 g/mol. The maximum absolute atomic E-state index is 12.0. The van der Waals surface area contributed by atoms with Crippen molar-refractivity contribution in [1.82, 2.24) is 5.32 Å². The molecule has 0 radical (unpaired) electrons. The van der Waals surface area contributed by atoms with E-state index >= 15 is 0 Å². The van der Waals surface area contributed by atoms with Crippen LogP contribution in [0.4, 0.5) is 0 Å². The lowest BCUT2D eigenvalue weighted by Crippen LogP contribution is -2.25. The Bertz CT molecular complexity index is 497. The molecule has 2 rings (SSSR count). The lowest BCUT2D eigenvalue weighted by Gasteiger charge is -2.05. The highest BCUT2D eigenvalue weighted by Crippen LogP contribution is 2.28. The Kier molecular flexibility index (Phi) is 6.06. The minimum absolute atomic E-state index is 0.107. The quantitative estimate of drug-likeness (QED) is 0.593. The van der Waals surface area contributed by atoms with Crippen LogP contribution >= 0.6 is 11.3 Å². The molecule has 108 valence electrons. The predicted molar refractivity (Wildman–Crippen MR) is 78.8 cm³/mol. The molecule has 1 aromatic heterocycles. The van der Waals surface area contributed by atoms with Gasteiger partial charge in [0.15, 0.2) is 0 Å². The Morgan fingerprint density at radius 1 is 1.55 bits per heavy atom. The molecule has 0 unspecified atom stereocenters. The molecule has 1 aliphatic rings. The van der Waals surface area contributed by atoms with E-state index in [9.17, 15) is 4.79 Å². The molecule has 0 bridgehead atoms. The Labute approximate surface area is 123 Å². The maximum atomic E-state index is 12.0. The van der Waals surface area contributed by atoms with Gasteiger partial charge >= 0.3 is 0 Å². The summed E-state index contributed by atoms with van der Waals surface area (Å²) in [6.07, 6.45) is 3.42. The second-order valence-electron chi connectivity index (χ2n) is 4.75. The van der Waals surface area contributed by atoms with Crippen LogP contribution in [0.1, 0.15) is 34.5 Å². The molecule has 5 heteroatoms. The minimum atomic E-state index is -0.199. The van der Waals surface area contributed by atoms with Crippen LogP contribution in [0.2, 0.25) is 0 Å². The van der Waals surface area contributed by atoms with Crippen LogP contribution in [-0.2, 0) is 4.74 Å². The summed E-state index contributed by atoms with van der Waals surface area (Å²) in [4.78, 5) is 12.6. The summed E-state index contributed by atoms with van der Waals surface area (Å²) in [6.45, 7) is 1.96. The van der Waals surface area contributed by atoms with Gasteiger partial charge in [-0.05, 0) is 36.6 Å². The number of amides is 1. The largest absolute Gasteiger partial charge is 0.384 e. The highest BCUT2D eigenvalue weighted by atomic mass is 32.1. The second-order valence-corrected chi connectivity index (χ2v) is 5.67. The van der Waals surface area contributed by atoms with E-state index in [0.29, 0.717) is 23.6 Å².